The molecule has 31 heavy (non-hydrogen) atoms. The van der Waals surface area contributed by atoms with Crippen LogP contribution in [0.25, 0.3) is 0 Å². The molecule has 0 atom stereocenters. The average molecular weight is 437 g/mol. The topological polar surface area (TPSA) is 18.5 Å². The van der Waals surface area contributed by atoms with Gasteiger partial charge in [-0.25, -0.2) is 0 Å². The van der Waals surface area contributed by atoms with Gasteiger partial charge in [-0.2, -0.15) is 0 Å². The Morgan fingerprint density at radius 2 is 0.742 bits per heavy atom. The van der Waals surface area contributed by atoms with Gasteiger partial charge in [0.25, 0.3) is 0 Å². The van der Waals surface area contributed by atoms with E-state index in [1.807, 2.05) is 0 Å². The van der Waals surface area contributed by atoms with Crippen molar-refractivity contribution in [2.24, 2.45) is 10.8 Å². The quantitative estimate of drug-likeness (QED) is 0.395. The Balaban J connectivity index is 2.44. The van der Waals surface area contributed by atoms with E-state index < -0.39 is 7.06 Å². The number of benzene rings is 3. The van der Waals surface area contributed by atoms with Gasteiger partial charge in [-0.15, -0.1) is 0 Å². The molecule has 0 aliphatic heterocycles. The Bertz CT molecular complexity index is 833. The van der Waals surface area contributed by atoms with Crippen molar-refractivity contribution in [2.75, 3.05) is 13.2 Å². The maximum absolute atomic E-state index is 7.24. The number of hydrogen-bond donors (Lipinski definition) is 0. The molecule has 0 radical (unpaired) electrons. The summed E-state index contributed by atoms with van der Waals surface area (Å²) in [6.07, 6.45) is 0. The molecule has 0 N–H and O–H groups in total. The van der Waals surface area contributed by atoms with Crippen LogP contribution in [0.3, 0.4) is 0 Å². The summed E-state index contributed by atoms with van der Waals surface area (Å²) in [6, 6.07) is 31.7. The van der Waals surface area contributed by atoms with E-state index in [-0.39, 0.29) is 10.8 Å². The molecule has 0 fully saturated rings. The number of hydrogen-bond acceptors (Lipinski definition) is 2. The van der Waals surface area contributed by atoms with Crippen LogP contribution in [0.15, 0.2) is 91.0 Å². The second-order valence-electron chi connectivity index (χ2n) is 10.6. The standard InChI is InChI=1S/C28H37O2P/c1-27(2,3)22-29-31(30-23-28(4,5)6,24-16-10-7-11-17-24,25-18-12-8-13-19-25)26-20-14-9-15-21-26/h7-21H,22-23H2,1-6H3. The van der Waals surface area contributed by atoms with Gasteiger partial charge in [-0.1, -0.05) is 0 Å². The fraction of sp³-hybridized carbons (Fsp3) is 0.357. The normalized spacial score (nSPS) is 14.1. The van der Waals surface area contributed by atoms with E-state index >= 15 is 0 Å². The Morgan fingerprint density at radius 3 is 0.968 bits per heavy atom. The molecule has 166 valence electrons. The van der Waals surface area contributed by atoms with Crippen molar-refractivity contribution in [3.8, 4) is 0 Å². The van der Waals surface area contributed by atoms with Gasteiger partial charge in [-0.3, -0.25) is 0 Å². The Hall–Kier alpha value is -1.99. The van der Waals surface area contributed by atoms with Crippen molar-refractivity contribution in [2.45, 2.75) is 41.5 Å². The summed E-state index contributed by atoms with van der Waals surface area (Å²) in [6.45, 7) is 14.4. The zero-order chi connectivity index (χ0) is 22.6. The van der Waals surface area contributed by atoms with Crippen LogP contribution in [0.5, 0.6) is 0 Å². The van der Waals surface area contributed by atoms with Crippen LogP contribution in [0.2, 0.25) is 0 Å². The molecule has 0 saturated carbocycles. The van der Waals surface area contributed by atoms with Gasteiger partial charge < -0.3 is 0 Å². The predicted octanol–water partition coefficient (Wildman–Crippen LogP) is 6.47. The summed E-state index contributed by atoms with van der Waals surface area (Å²) in [4.78, 5) is 0. The molecule has 3 aromatic rings. The van der Waals surface area contributed by atoms with Crippen molar-refractivity contribution in [3.63, 3.8) is 0 Å². The summed E-state index contributed by atoms with van der Waals surface area (Å²) in [5, 5.41) is 3.29. The van der Waals surface area contributed by atoms with Gasteiger partial charge in [0.05, 0.1) is 0 Å². The van der Waals surface area contributed by atoms with Crippen LogP contribution in [0.1, 0.15) is 41.5 Å². The third kappa shape index (κ3) is 4.93. The summed E-state index contributed by atoms with van der Waals surface area (Å²) < 4.78 is 14.5. The molecule has 3 aromatic carbocycles. The van der Waals surface area contributed by atoms with Gasteiger partial charge in [0.15, 0.2) is 0 Å². The SMILES string of the molecule is CC(C)(C)COP(OCC(C)(C)C)(c1ccccc1)(c1ccccc1)c1ccccc1. The second-order valence-corrected chi connectivity index (χ2v) is 14.6. The predicted molar refractivity (Wildman–Crippen MR) is 136 cm³/mol. The molecule has 0 amide bonds. The van der Waals surface area contributed by atoms with E-state index in [0.29, 0.717) is 13.2 Å². The fourth-order valence-electron chi connectivity index (χ4n) is 3.66. The van der Waals surface area contributed by atoms with Crippen molar-refractivity contribution in [3.05, 3.63) is 91.0 Å². The monoisotopic (exact) mass is 436 g/mol. The third-order valence-corrected chi connectivity index (χ3v) is 10.1. The Morgan fingerprint density at radius 1 is 0.484 bits per heavy atom. The van der Waals surface area contributed by atoms with Crippen molar-refractivity contribution in [1.82, 2.24) is 0 Å². The molecule has 0 bridgehead atoms. The minimum absolute atomic E-state index is 0.0212. The van der Waals surface area contributed by atoms with Crippen molar-refractivity contribution >= 4 is 23.0 Å². The van der Waals surface area contributed by atoms with Crippen LogP contribution in [0.4, 0.5) is 0 Å². The van der Waals surface area contributed by atoms with Crippen molar-refractivity contribution < 1.29 is 9.05 Å². The zero-order valence-electron chi connectivity index (χ0n) is 19.8. The van der Waals surface area contributed by atoms with Crippen LogP contribution in [-0.2, 0) is 9.05 Å². The second kappa shape index (κ2) is 8.87. The van der Waals surface area contributed by atoms with E-state index in [1.54, 1.807) is 0 Å². The molecule has 0 aliphatic rings. The molecule has 2 nitrogen and oxygen atoms in total. The fourth-order valence-corrected chi connectivity index (χ4v) is 8.93. The summed E-state index contributed by atoms with van der Waals surface area (Å²) in [5.74, 6) is 0. The molecule has 3 heteroatoms. The maximum atomic E-state index is 7.24. The number of rotatable bonds is 7. The molecule has 0 aromatic heterocycles. The first-order valence-corrected chi connectivity index (χ1v) is 13.1. The van der Waals surface area contributed by atoms with Gasteiger partial charge in [0.1, 0.15) is 0 Å². The van der Waals surface area contributed by atoms with Crippen molar-refractivity contribution in [1.29, 1.82) is 0 Å². The van der Waals surface area contributed by atoms with Crippen LogP contribution in [-0.4, -0.2) is 13.2 Å². The van der Waals surface area contributed by atoms with E-state index in [1.165, 1.54) is 0 Å². The molecular formula is C28H37O2P. The van der Waals surface area contributed by atoms with E-state index in [0.717, 1.165) is 15.9 Å². The first kappa shape index (κ1) is 23.7. The average Bonchev–Trinajstić information content (AvgIpc) is 2.75. The molecule has 3 rings (SSSR count). The molecule has 0 unspecified atom stereocenters. The zero-order valence-corrected chi connectivity index (χ0v) is 20.7. The summed E-state index contributed by atoms with van der Waals surface area (Å²) in [5.41, 5.74) is -0.0425. The van der Waals surface area contributed by atoms with Crippen LogP contribution >= 0.6 is 7.06 Å². The summed E-state index contributed by atoms with van der Waals surface area (Å²) >= 11 is 0. The molecular weight excluding hydrogens is 399 g/mol. The van der Waals surface area contributed by atoms with Crippen LogP contribution < -0.4 is 15.9 Å². The molecule has 0 spiro atoms. The van der Waals surface area contributed by atoms with Crippen LogP contribution in [0, 0.1) is 10.8 Å². The first-order valence-electron chi connectivity index (χ1n) is 11.1. The van der Waals surface area contributed by atoms with E-state index in [9.17, 15) is 0 Å². The first-order chi connectivity index (χ1) is 14.6. The molecule has 0 heterocycles. The Labute approximate surface area is 188 Å². The van der Waals surface area contributed by atoms with Gasteiger partial charge >= 0.3 is 189 Å². The van der Waals surface area contributed by atoms with Gasteiger partial charge in [0.2, 0.25) is 0 Å². The Kier molecular flexibility index (Phi) is 6.77. The third-order valence-electron chi connectivity index (χ3n) is 5.16. The minimum atomic E-state index is -3.72. The summed E-state index contributed by atoms with van der Waals surface area (Å²) in [7, 11) is -3.72. The van der Waals surface area contributed by atoms with E-state index in [4.69, 9.17) is 9.05 Å². The van der Waals surface area contributed by atoms with Gasteiger partial charge in [-0.05, 0) is 0 Å². The van der Waals surface area contributed by atoms with Gasteiger partial charge in [0, 0.05) is 0 Å². The van der Waals surface area contributed by atoms with E-state index in [2.05, 4.69) is 133 Å². The molecule has 0 aliphatic carbocycles. The molecule has 0 saturated heterocycles.